The molecule has 0 saturated carbocycles. The molecule has 0 spiro atoms. The predicted octanol–water partition coefficient (Wildman–Crippen LogP) is 4.92. The van der Waals surface area contributed by atoms with E-state index in [0.717, 1.165) is 17.7 Å². The quantitative estimate of drug-likeness (QED) is 0.717. The highest BCUT2D eigenvalue weighted by Gasteiger charge is 2.37. The van der Waals surface area contributed by atoms with E-state index in [1.54, 1.807) is 13.8 Å². The van der Waals surface area contributed by atoms with E-state index < -0.39 is 13.9 Å². The average Bonchev–Trinajstić information content (AvgIpc) is 2.41. The molecule has 0 bridgehead atoms. The molecule has 3 nitrogen and oxygen atoms in total. The summed E-state index contributed by atoms with van der Waals surface area (Å²) in [6, 6.07) is 6.28. The van der Waals surface area contributed by atoms with Crippen molar-refractivity contribution in [1.29, 1.82) is 0 Å². The van der Waals surface area contributed by atoms with Gasteiger partial charge in [-0.1, -0.05) is 39.8 Å². The van der Waals surface area contributed by atoms with Gasteiger partial charge in [0.1, 0.15) is 12.4 Å². The highest BCUT2D eigenvalue weighted by atomic mass is 28.4. The third kappa shape index (κ3) is 6.28. The van der Waals surface area contributed by atoms with Gasteiger partial charge in [0.15, 0.2) is 8.32 Å². The maximum absolute atomic E-state index is 9.91. The van der Waals surface area contributed by atoms with E-state index in [4.69, 9.17) is 9.16 Å². The maximum atomic E-state index is 9.91. The summed E-state index contributed by atoms with van der Waals surface area (Å²) in [5.41, 5.74) is 1.43. The van der Waals surface area contributed by atoms with Crippen LogP contribution in [0, 0.1) is 0 Å². The molecule has 0 saturated heterocycles. The Morgan fingerprint density at radius 1 is 1.09 bits per heavy atom. The Kier molecular flexibility index (Phi) is 6.47. The largest absolute Gasteiger partial charge is 0.490 e. The van der Waals surface area contributed by atoms with Crippen molar-refractivity contribution in [3.63, 3.8) is 0 Å². The number of hydrogen-bond donors (Lipinski definition) is 1. The minimum Gasteiger partial charge on any atom is -0.490 e. The lowest BCUT2D eigenvalue weighted by molar-refractivity contribution is 0.0277. The molecule has 23 heavy (non-hydrogen) atoms. The molecule has 0 unspecified atom stereocenters. The van der Waals surface area contributed by atoms with E-state index in [9.17, 15) is 5.11 Å². The molecule has 0 amide bonds. The first-order valence-electron chi connectivity index (χ1n) is 8.47. The van der Waals surface area contributed by atoms with Crippen molar-refractivity contribution in [3.8, 4) is 5.75 Å². The van der Waals surface area contributed by atoms with Crippen molar-refractivity contribution in [2.24, 2.45) is 0 Å². The fourth-order valence-corrected chi connectivity index (χ4v) is 2.75. The molecule has 0 aliphatic rings. The van der Waals surface area contributed by atoms with Crippen LogP contribution in [0.1, 0.15) is 52.7 Å². The number of ether oxygens (including phenoxy) is 1. The molecule has 0 heterocycles. The molecule has 0 aromatic heterocycles. The lowest BCUT2D eigenvalue weighted by Crippen LogP contribution is -2.40. The monoisotopic (exact) mass is 338 g/mol. The van der Waals surface area contributed by atoms with Gasteiger partial charge >= 0.3 is 0 Å². The number of rotatable bonds is 7. The highest BCUT2D eigenvalue weighted by molar-refractivity contribution is 6.74. The summed E-state index contributed by atoms with van der Waals surface area (Å²) in [6.45, 7) is 17.7. The van der Waals surface area contributed by atoms with Crippen molar-refractivity contribution in [3.05, 3.63) is 29.3 Å². The zero-order valence-corrected chi connectivity index (χ0v) is 17.1. The molecule has 132 valence electrons. The maximum Gasteiger partial charge on any atom is 0.192 e. The molecule has 1 aromatic carbocycles. The normalized spacial score (nSPS) is 13.3. The van der Waals surface area contributed by atoms with Gasteiger partial charge in [-0.25, -0.2) is 0 Å². The van der Waals surface area contributed by atoms with Crippen LogP contribution in [0.2, 0.25) is 18.1 Å². The first-order valence-corrected chi connectivity index (χ1v) is 11.4. The molecule has 0 aliphatic carbocycles. The van der Waals surface area contributed by atoms with Gasteiger partial charge in [-0.3, -0.25) is 0 Å². The minimum absolute atomic E-state index is 0.185. The standard InChI is InChI=1S/C19H34O3Si/c1-9-15-10-11-16(13-22-23(7,8)18(2,3)4)17(12-15)21-14-19(5,6)20/h10-12,20H,9,13-14H2,1-8H3. The van der Waals surface area contributed by atoms with Gasteiger partial charge in [-0.2, -0.15) is 0 Å². The van der Waals surface area contributed by atoms with Gasteiger partial charge in [0.2, 0.25) is 0 Å². The van der Waals surface area contributed by atoms with E-state index in [1.807, 2.05) is 0 Å². The summed E-state index contributed by atoms with van der Waals surface area (Å²) in [7, 11) is -1.80. The van der Waals surface area contributed by atoms with E-state index in [0.29, 0.717) is 6.61 Å². The zero-order chi connectivity index (χ0) is 17.9. The molecule has 0 fully saturated rings. The summed E-state index contributed by atoms with van der Waals surface area (Å²) >= 11 is 0. The van der Waals surface area contributed by atoms with Gasteiger partial charge in [0, 0.05) is 5.56 Å². The van der Waals surface area contributed by atoms with Gasteiger partial charge in [0.25, 0.3) is 0 Å². The summed E-state index contributed by atoms with van der Waals surface area (Å²) in [4.78, 5) is 0. The molecule has 1 rings (SSSR count). The second-order valence-corrected chi connectivity index (χ2v) is 13.3. The first-order chi connectivity index (χ1) is 10.4. The number of benzene rings is 1. The van der Waals surface area contributed by atoms with Crippen LogP contribution in [0.25, 0.3) is 0 Å². The van der Waals surface area contributed by atoms with Gasteiger partial charge < -0.3 is 14.3 Å². The van der Waals surface area contributed by atoms with Crippen molar-refractivity contribution < 1.29 is 14.3 Å². The Hall–Kier alpha value is -0.843. The third-order valence-electron chi connectivity index (χ3n) is 4.52. The Morgan fingerprint density at radius 3 is 2.17 bits per heavy atom. The lowest BCUT2D eigenvalue weighted by atomic mass is 10.1. The molecule has 0 radical (unpaired) electrons. The van der Waals surface area contributed by atoms with Crippen molar-refractivity contribution in [2.75, 3.05) is 6.61 Å². The Bertz CT molecular complexity index is 510. The fourth-order valence-electron chi connectivity index (χ4n) is 1.80. The van der Waals surface area contributed by atoms with Gasteiger partial charge in [-0.15, -0.1) is 0 Å². The number of aryl methyl sites for hydroxylation is 1. The smallest absolute Gasteiger partial charge is 0.192 e. The van der Waals surface area contributed by atoms with E-state index in [2.05, 4.69) is 59.0 Å². The highest BCUT2D eigenvalue weighted by Crippen LogP contribution is 2.37. The molecule has 0 atom stereocenters. The van der Waals surface area contributed by atoms with Crippen molar-refractivity contribution >= 4 is 8.32 Å². The summed E-state index contributed by atoms with van der Waals surface area (Å²) < 4.78 is 12.2. The fraction of sp³-hybridized carbons (Fsp3) is 0.684. The lowest BCUT2D eigenvalue weighted by Gasteiger charge is -2.36. The van der Waals surface area contributed by atoms with Crippen LogP contribution in [0.15, 0.2) is 18.2 Å². The van der Waals surface area contributed by atoms with E-state index in [-0.39, 0.29) is 11.6 Å². The Labute approximate surface area is 143 Å². The van der Waals surface area contributed by atoms with Crippen LogP contribution >= 0.6 is 0 Å². The van der Waals surface area contributed by atoms with Crippen LogP contribution in [0.4, 0.5) is 0 Å². The summed E-state index contributed by atoms with van der Waals surface area (Å²) in [5, 5.41) is 10.1. The minimum atomic E-state index is -1.80. The van der Waals surface area contributed by atoms with Crippen molar-refractivity contribution in [1.82, 2.24) is 0 Å². The van der Waals surface area contributed by atoms with Crippen LogP contribution in [0.5, 0.6) is 5.75 Å². The number of aliphatic hydroxyl groups is 1. The zero-order valence-electron chi connectivity index (χ0n) is 16.1. The van der Waals surface area contributed by atoms with Crippen LogP contribution in [-0.2, 0) is 17.5 Å². The number of hydrogen-bond acceptors (Lipinski definition) is 3. The van der Waals surface area contributed by atoms with E-state index >= 15 is 0 Å². The third-order valence-corrected chi connectivity index (χ3v) is 8.99. The summed E-state index contributed by atoms with van der Waals surface area (Å²) in [5.74, 6) is 0.824. The topological polar surface area (TPSA) is 38.7 Å². The molecule has 1 aromatic rings. The molecule has 0 aliphatic heterocycles. The Morgan fingerprint density at radius 2 is 1.70 bits per heavy atom. The van der Waals surface area contributed by atoms with Gasteiger partial charge in [0.05, 0.1) is 12.2 Å². The second-order valence-electron chi connectivity index (χ2n) is 8.45. The molecular formula is C19H34O3Si. The van der Waals surface area contributed by atoms with Crippen molar-refractivity contribution in [2.45, 2.75) is 78.3 Å². The van der Waals surface area contributed by atoms with Crippen LogP contribution in [0.3, 0.4) is 0 Å². The SMILES string of the molecule is CCc1ccc(CO[Si](C)(C)C(C)(C)C)c(OCC(C)(C)O)c1. The Balaban J connectivity index is 2.93. The van der Waals surface area contributed by atoms with Crippen LogP contribution in [-0.4, -0.2) is 25.6 Å². The molecular weight excluding hydrogens is 304 g/mol. The first kappa shape index (κ1) is 20.2. The van der Waals surface area contributed by atoms with Crippen LogP contribution < -0.4 is 4.74 Å². The van der Waals surface area contributed by atoms with Gasteiger partial charge in [-0.05, 0) is 50.0 Å². The molecule has 1 N–H and O–H groups in total. The summed E-state index contributed by atoms with van der Waals surface area (Å²) in [6.07, 6.45) is 0.961. The molecule has 4 heteroatoms. The average molecular weight is 339 g/mol. The second kappa shape index (κ2) is 7.37. The van der Waals surface area contributed by atoms with E-state index in [1.165, 1.54) is 5.56 Å². The predicted molar refractivity (Wildman–Crippen MR) is 99.6 cm³/mol.